The Bertz CT molecular complexity index is 1210. The third-order valence-electron chi connectivity index (χ3n) is 5.13. The third kappa shape index (κ3) is 1.69. The maximum absolute atomic E-state index is 4.74. The van der Waals surface area contributed by atoms with E-state index in [1.54, 1.807) is 12.5 Å². The Morgan fingerprint density at radius 3 is 2.92 bits per heavy atom. The highest BCUT2D eigenvalue weighted by Gasteiger charge is 2.44. The van der Waals surface area contributed by atoms with Gasteiger partial charge in [0.05, 0.1) is 11.4 Å². The van der Waals surface area contributed by atoms with Gasteiger partial charge in [-0.05, 0) is 30.4 Å². The Hall–Kier alpha value is -3.60. The highest BCUT2D eigenvalue weighted by atomic mass is 15.1. The molecule has 0 radical (unpaired) electrons. The molecule has 2 aliphatic heterocycles. The van der Waals surface area contributed by atoms with Gasteiger partial charge < -0.3 is 4.98 Å². The fraction of sp³-hybridized carbons (Fsp3) is 0.0476. The number of fused-ring (bicyclic) bond motifs is 3. The van der Waals surface area contributed by atoms with Crippen LogP contribution in [0.15, 0.2) is 75.9 Å². The maximum atomic E-state index is 4.74. The van der Waals surface area contributed by atoms with Gasteiger partial charge in [0.25, 0.3) is 0 Å². The van der Waals surface area contributed by atoms with Gasteiger partial charge in [0.15, 0.2) is 5.54 Å². The summed E-state index contributed by atoms with van der Waals surface area (Å²) in [5.41, 5.74) is 6.28. The van der Waals surface area contributed by atoms with Crippen molar-refractivity contribution in [2.45, 2.75) is 5.54 Å². The summed E-state index contributed by atoms with van der Waals surface area (Å²) in [7, 11) is 0. The first-order valence-corrected chi connectivity index (χ1v) is 8.48. The zero-order valence-corrected chi connectivity index (χ0v) is 13.7. The predicted molar refractivity (Wildman–Crippen MR) is 105 cm³/mol. The number of para-hydroxylation sites is 1. The average Bonchev–Trinajstić information content (AvgIpc) is 3.30. The Balaban J connectivity index is 1.51. The SMILES string of the molecule is C1=CC2=NC=NC23C=Cc2cc(-c4cc5ccccc5[nH]4)cnc2C3=N1. The second-order valence-corrected chi connectivity index (χ2v) is 6.58. The molecule has 1 unspecified atom stereocenters. The lowest BCUT2D eigenvalue weighted by Crippen LogP contribution is -2.44. The van der Waals surface area contributed by atoms with E-state index in [0.29, 0.717) is 0 Å². The molecule has 1 spiro atoms. The van der Waals surface area contributed by atoms with Crippen molar-refractivity contribution >= 4 is 34.7 Å². The van der Waals surface area contributed by atoms with Gasteiger partial charge in [-0.25, -0.2) is 9.98 Å². The molecule has 0 fully saturated rings. The summed E-state index contributed by atoms with van der Waals surface area (Å²) in [6.45, 7) is 0. The van der Waals surface area contributed by atoms with Crippen molar-refractivity contribution < 1.29 is 0 Å². The molecule has 5 nitrogen and oxygen atoms in total. The van der Waals surface area contributed by atoms with Crippen LogP contribution in [0.3, 0.4) is 0 Å². The number of pyridine rings is 1. The van der Waals surface area contributed by atoms with Crippen molar-refractivity contribution in [2.24, 2.45) is 15.0 Å². The molecular formula is C21H13N5. The van der Waals surface area contributed by atoms with Gasteiger partial charge in [-0.1, -0.05) is 24.3 Å². The normalized spacial score (nSPS) is 22.0. The molecule has 3 aliphatic rings. The smallest absolute Gasteiger partial charge is 0.167 e. The van der Waals surface area contributed by atoms with Gasteiger partial charge in [0, 0.05) is 40.1 Å². The number of nitrogens with one attached hydrogen (secondary N) is 1. The molecule has 2 aromatic heterocycles. The summed E-state index contributed by atoms with van der Waals surface area (Å²) in [5.74, 6) is 0. The van der Waals surface area contributed by atoms with E-state index >= 15 is 0 Å². The van der Waals surface area contributed by atoms with E-state index in [4.69, 9.17) is 4.98 Å². The molecule has 5 heteroatoms. The van der Waals surface area contributed by atoms with Crippen LogP contribution in [0.25, 0.3) is 28.2 Å². The molecule has 1 aromatic carbocycles. The van der Waals surface area contributed by atoms with Crippen LogP contribution in [0.1, 0.15) is 11.3 Å². The number of nitrogens with zero attached hydrogens (tertiary/aromatic N) is 4. The Labute approximate surface area is 149 Å². The van der Waals surface area contributed by atoms with E-state index in [1.165, 1.54) is 5.39 Å². The zero-order valence-electron chi connectivity index (χ0n) is 13.7. The van der Waals surface area contributed by atoms with Crippen LogP contribution in [0.5, 0.6) is 0 Å². The number of H-pyrrole nitrogens is 1. The molecule has 122 valence electrons. The van der Waals surface area contributed by atoms with Gasteiger partial charge in [0.2, 0.25) is 0 Å². The zero-order chi connectivity index (χ0) is 17.1. The van der Waals surface area contributed by atoms with Crippen LogP contribution >= 0.6 is 0 Å². The van der Waals surface area contributed by atoms with Crippen molar-refractivity contribution in [2.75, 3.05) is 0 Å². The van der Waals surface area contributed by atoms with Crippen molar-refractivity contribution in [1.82, 2.24) is 9.97 Å². The Morgan fingerprint density at radius 1 is 1.00 bits per heavy atom. The minimum Gasteiger partial charge on any atom is -0.354 e. The molecule has 6 rings (SSSR count). The summed E-state index contributed by atoms with van der Waals surface area (Å²) in [6, 6.07) is 12.6. The fourth-order valence-corrected chi connectivity index (χ4v) is 3.82. The molecule has 0 saturated carbocycles. The van der Waals surface area contributed by atoms with E-state index in [1.807, 2.05) is 24.4 Å². The number of benzene rings is 1. The van der Waals surface area contributed by atoms with Crippen LogP contribution < -0.4 is 0 Å². The summed E-state index contributed by atoms with van der Waals surface area (Å²) in [6.07, 6.45) is 11.3. The van der Waals surface area contributed by atoms with Crippen molar-refractivity contribution in [3.05, 3.63) is 72.2 Å². The van der Waals surface area contributed by atoms with Gasteiger partial charge in [-0.15, -0.1) is 0 Å². The van der Waals surface area contributed by atoms with Crippen LogP contribution in [0.4, 0.5) is 0 Å². The van der Waals surface area contributed by atoms with Gasteiger partial charge >= 0.3 is 0 Å². The van der Waals surface area contributed by atoms with Gasteiger partial charge in [-0.2, -0.15) is 0 Å². The number of hydrogen-bond donors (Lipinski definition) is 1. The first-order valence-electron chi connectivity index (χ1n) is 8.48. The molecule has 3 aromatic rings. The number of aromatic nitrogens is 2. The van der Waals surface area contributed by atoms with Gasteiger partial charge in [-0.3, -0.25) is 9.98 Å². The molecule has 1 N–H and O–H groups in total. The van der Waals surface area contributed by atoms with E-state index in [2.05, 4.69) is 56.4 Å². The molecule has 4 heterocycles. The van der Waals surface area contributed by atoms with E-state index in [-0.39, 0.29) is 0 Å². The third-order valence-corrected chi connectivity index (χ3v) is 5.13. The Kier molecular flexibility index (Phi) is 2.48. The van der Waals surface area contributed by atoms with Crippen molar-refractivity contribution in [3.8, 4) is 11.3 Å². The molecule has 0 saturated heterocycles. The predicted octanol–water partition coefficient (Wildman–Crippen LogP) is 3.79. The first kappa shape index (κ1) is 13.7. The largest absolute Gasteiger partial charge is 0.354 e. The van der Waals surface area contributed by atoms with Crippen molar-refractivity contribution in [3.63, 3.8) is 0 Å². The molecule has 26 heavy (non-hydrogen) atoms. The highest BCUT2D eigenvalue weighted by molar-refractivity contribution is 6.33. The second-order valence-electron chi connectivity index (χ2n) is 6.58. The van der Waals surface area contributed by atoms with Crippen molar-refractivity contribution in [1.29, 1.82) is 0 Å². The first-order chi connectivity index (χ1) is 12.8. The van der Waals surface area contributed by atoms with E-state index in [0.717, 1.165) is 39.5 Å². The van der Waals surface area contributed by atoms with Crippen LogP contribution in [-0.2, 0) is 0 Å². The number of aliphatic imine (C=N–C) groups is 3. The molecule has 0 amide bonds. The lowest BCUT2D eigenvalue weighted by atomic mass is 9.79. The van der Waals surface area contributed by atoms with Crippen LogP contribution in [-0.4, -0.2) is 33.3 Å². The van der Waals surface area contributed by atoms with Crippen LogP contribution in [0.2, 0.25) is 0 Å². The molecule has 0 bridgehead atoms. The van der Waals surface area contributed by atoms with E-state index in [9.17, 15) is 0 Å². The standard InChI is InChI=1S/C21H13N5/c1-2-4-16-13(3-1)10-17(26-16)15-9-14-5-7-21-18(24-12-25-21)6-8-22-20(21)19(14)23-11-15/h1-12,26H. The highest BCUT2D eigenvalue weighted by Crippen LogP contribution is 2.36. The summed E-state index contributed by atoms with van der Waals surface area (Å²) >= 11 is 0. The lowest BCUT2D eigenvalue weighted by molar-refractivity contribution is 0.935. The minimum atomic E-state index is -0.600. The lowest BCUT2D eigenvalue weighted by Gasteiger charge is -2.30. The maximum Gasteiger partial charge on any atom is 0.167 e. The summed E-state index contributed by atoms with van der Waals surface area (Å²) in [5, 5.41) is 1.19. The number of aromatic amines is 1. The fourth-order valence-electron chi connectivity index (χ4n) is 3.82. The Morgan fingerprint density at radius 2 is 1.96 bits per heavy atom. The summed E-state index contributed by atoms with van der Waals surface area (Å²) in [4.78, 5) is 21.7. The topological polar surface area (TPSA) is 65.8 Å². The average molecular weight is 335 g/mol. The second kappa shape index (κ2) is 4.73. The minimum absolute atomic E-state index is 0.600. The monoisotopic (exact) mass is 335 g/mol. The van der Waals surface area contributed by atoms with Gasteiger partial charge in [0.1, 0.15) is 12.1 Å². The molecule has 1 atom stereocenters. The molecular weight excluding hydrogens is 322 g/mol. The van der Waals surface area contributed by atoms with Crippen LogP contribution in [0, 0.1) is 0 Å². The van der Waals surface area contributed by atoms with E-state index < -0.39 is 5.54 Å². The quantitative estimate of drug-likeness (QED) is 0.722. The number of hydrogen-bond acceptors (Lipinski definition) is 4. The molecule has 1 aliphatic carbocycles. The summed E-state index contributed by atoms with van der Waals surface area (Å²) < 4.78 is 0. The number of rotatable bonds is 1.